The number of hydrogen-bond donors (Lipinski definition) is 1. The number of methoxy groups -OCH3 is 1. The van der Waals surface area contributed by atoms with E-state index in [1.807, 2.05) is 43.3 Å². The summed E-state index contributed by atoms with van der Waals surface area (Å²) >= 11 is 0. The standard InChI is InChI=1S/C22H23NO5/c1-13(15-5-6-17-10-18(27-4)8-7-16(17)9-15)21(24)23(3)12-19-11-20(22(25)26)14(2)28-19/h5-11,13H,12H2,1-4H3,(H,25,26)/t13-/m0/s1. The lowest BCUT2D eigenvalue weighted by Gasteiger charge is -2.21. The van der Waals surface area contributed by atoms with Gasteiger partial charge in [0.25, 0.3) is 0 Å². The van der Waals surface area contributed by atoms with E-state index in [0.717, 1.165) is 22.1 Å². The Bertz CT molecular complexity index is 1040. The maximum absolute atomic E-state index is 12.9. The second kappa shape index (κ2) is 7.76. The molecule has 3 aromatic rings. The number of aromatic carboxylic acids is 1. The van der Waals surface area contributed by atoms with Crippen molar-refractivity contribution in [3.63, 3.8) is 0 Å². The zero-order chi connectivity index (χ0) is 20.4. The number of carboxylic acid groups (broad SMARTS) is 1. The molecule has 0 unspecified atom stereocenters. The first-order chi connectivity index (χ1) is 13.3. The van der Waals surface area contributed by atoms with Crippen LogP contribution in [0.5, 0.6) is 5.75 Å². The molecule has 6 heteroatoms. The summed E-state index contributed by atoms with van der Waals surface area (Å²) in [5, 5.41) is 11.2. The summed E-state index contributed by atoms with van der Waals surface area (Å²) in [4.78, 5) is 25.6. The molecule has 1 amide bonds. The molecule has 0 bridgehead atoms. The van der Waals surface area contributed by atoms with Crippen molar-refractivity contribution in [3.8, 4) is 5.75 Å². The normalized spacial score (nSPS) is 12.0. The molecule has 0 aliphatic heterocycles. The Kier molecular flexibility index (Phi) is 5.40. The Morgan fingerprint density at radius 1 is 1.14 bits per heavy atom. The van der Waals surface area contributed by atoms with Crippen LogP contribution in [0.25, 0.3) is 10.8 Å². The van der Waals surface area contributed by atoms with Gasteiger partial charge in [-0.05, 0) is 48.4 Å². The molecule has 146 valence electrons. The molecule has 0 aliphatic carbocycles. The highest BCUT2D eigenvalue weighted by atomic mass is 16.5. The largest absolute Gasteiger partial charge is 0.497 e. The summed E-state index contributed by atoms with van der Waals surface area (Å²) in [5.41, 5.74) is 1.03. The van der Waals surface area contributed by atoms with Crippen LogP contribution in [0.2, 0.25) is 0 Å². The molecule has 1 aromatic heterocycles. The quantitative estimate of drug-likeness (QED) is 0.692. The molecule has 1 heterocycles. The maximum atomic E-state index is 12.9. The van der Waals surface area contributed by atoms with Crippen LogP contribution in [0.15, 0.2) is 46.9 Å². The van der Waals surface area contributed by atoms with Gasteiger partial charge in [0.2, 0.25) is 5.91 Å². The third-order valence-electron chi connectivity index (χ3n) is 4.91. The molecule has 1 atom stereocenters. The number of aryl methyl sites for hydroxylation is 1. The first kappa shape index (κ1) is 19.5. The molecular formula is C22H23NO5. The zero-order valence-corrected chi connectivity index (χ0v) is 16.4. The van der Waals surface area contributed by atoms with Crippen molar-refractivity contribution in [3.05, 3.63) is 65.1 Å². The van der Waals surface area contributed by atoms with E-state index in [-0.39, 0.29) is 23.9 Å². The van der Waals surface area contributed by atoms with Crippen molar-refractivity contribution < 1.29 is 23.8 Å². The fraction of sp³-hybridized carbons (Fsp3) is 0.273. The van der Waals surface area contributed by atoms with Crippen molar-refractivity contribution in [2.75, 3.05) is 14.2 Å². The van der Waals surface area contributed by atoms with Gasteiger partial charge in [-0.1, -0.05) is 24.3 Å². The highest BCUT2D eigenvalue weighted by Gasteiger charge is 2.22. The molecule has 0 fully saturated rings. The topological polar surface area (TPSA) is 80.0 Å². The molecule has 0 spiro atoms. The Labute approximate surface area is 163 Å². The summed E-state index contributed by atoms with van der Waals surface area (Å²) in [5.74, 6) is 0.122. The molecule has 1 N–H and O–H groups in total. The number of carboxylic acids is 1. The molecule has 0 saturated carbocycles. The molecule has 6 nitrogen and oxygen atoms in total. The van der Waals surface area contributed by atoms with E-state index in [9.17, 15) is 9.59 Å². The van der Waals surface area contributed by atoms with Gasteiger partial charge >= 0.3 is 5.97 Å². The number of benzene rings is 2. The zero-order valence-electron chi connectivity index (χ0n) is 16.4. The van der Waals surface area contributed by atoms with Gasteiger partial charge in [-0.2, -0.15) is 0 Å². The van der Waals surface area contributed by atoms with E-state index in [1.54, 1.807) is 26.0 Å². The van der Waals surface area contributed by atoms with Crippen LogP contribution in [-0.2, 0) is 11.3 Å². The average molecular weight is 381 g/mol. The minimum Gasteiger partial charge on any atom is -0.497 e. The first-order valence-electron chi connectivity index (χ1n) is 8.95. The van der Waals surface area contributed by atoms with Crippen LogP contribution in [-0.4, -0.2) is 36.0 Å². The number of furan rings is 1. The average Bonchev–Trinajstić information content (AvgIpc) is 3.06. The summed E-state index contributed by atoms with van der Waals surface area (Å²) in [6, 6.07) is 13.2. The van der Waals surface area contributed by atoms with E-state index in [1.165, 1.54) is 6.07 Å². The van der Waals surface area contributed by atoms with Crippen LogP contribution < -0.4 is 4.74 Å². The molecule has 28 heavy (non-hydrogen) atoms. The van der Waals surface area contributed by atoms with Crippen LogP contribution >= 0.6 is 0 Å². The Morgan fingerprint density at radius 3 is 2.46 bits per heavy atom. The van der Waals surface area contributed by atoms with Crippen molar-refractivity contribution in [2.45, 2.75) is 26.3 Å². The second-order valence-corrected chi connectivity index (χ2v) is 6.88. The summed E-state index contributed by atoms with van der Waals surface area (Å²) in [6.07, 6.45) is 0. The van der Waals surface area contributed by atoms with Crippen molar-refractivity contribution in [1.82, 2.24) is 4.90 Å². The summed E-state index contributed by atoms with van der Waals surface area (Å²) in [6.45, 7) is 3.67. The lowest BCUT2D eigenvalue weighted by molar-refractivity contribution is -0.131. The van der Waals surface area contributed by atoms with E-state index in [2.05, 4.69) is 0 Å². The van der Waals surface area contributed by atoms with Gasteiger partial charge in [0.05, 0.1) is 19.6 Å². The number of ether oxygens (including phenoxy) is 1. The Morgan fingerprint density at radius 2 is 1.82 bits per heavy atom. The minimum atomic E-state index is -1.04. The number of likely N-dealkylation sites (N-methyl/N-ethyl adjacent to an activating group) is 1. The predicted molar refractivity (Wildman–Crippen MR) is 106 cm³/mol. The van der Waals surface area contributed by atoms with Crippen molar-refractivity contribution >= 4 is 22.6 Å². The Hall–Kier alpha value is -3.28. The van der Waals surface area contributed by atoms with Crippen LogP contribution in [0.3, 0.4) is 0 Å². The van der Waals surface area contributed by atoms with E-state index in [4.69, 9.17) is 14.3 Å². The molecule has 0 saturated heterocycles. The van der Waals surface area contributed by atoms with Crippen LogP contribution in [0.4, 0.5) is 0 Å². The first-order valence-corrected chi connectivity index (χ1v) is 8.95. The number of rotatable bonds is 6. The number of fused-ring (bicyclic) bond motifs is 1. The maximum Gasteiger partial charge on any atom is 0.339 e. The number of carbonyl (C=O) groups is 2. The summed E-state index contributed by atoms with van der Waals surface area (Å²) < 4.78 is 10.7. The fourth-order valence-electron chi connectivity index (χ4n) is 3.26. The monoisotopic (exact) mass is 381 g/mol. The van der Waals surface area contributed by atoms with Crippen molar-refractivity contribution in [1.29, 1.82) is 0 Å². The smallest absolute Gasteiger partial charge is 0.339 e. The fourth-order valence-corrected chi connectivity index (χ4v) is 3.26. The molecule has 2 aromatic carbocycles. The minimum absolute atomic E-state index is 0.0706. The van der Waals surface area contributed by atoms with Crippen molar-refractivity contribution in [2.24, 2.45) is 0 Å². The number of hydrogen-bond acceptors (Lipinski definition) is 4. The lowest BCUT2D eigenvalue weighted by atomic mass is 9.96. The molecule has 0 radical (unpaired) electrons. The number of nitrogens with zero attached hydrogens (tertiary/aromatic N) is 1. The van der Waals surface area contributed by atoms with Gasteiger partial charge < -0.3 is 19.2 Å². The van der Waals surface area contributed by atoms with Gasteiger partial charge in [-0.25, -0.2) is 4.79 Å². The third-order valence-corrected chi connectivity index (χ3v) is 4.91. The predicted octanol–water partition coefficient (Wildman–Crippen LogP) is 4.21. The molecule has 0 aliphatic rings. The number of carbonyl (C=O) groups excluding carboxylic acids is 1. The van der Waals surface area contributed by atoms with E-state index >= 15 is 0 Å². The van der Waals surface area contributed by atoms with Gasteiger partial charge in [-0.3, -0.25) is 4.79 Å². The van der Waals surface area contributed by atoms with Crippen LogP contribution in [0, 0.1) is 6.92 Å². The van der Waals surface area contributed by atoms with Gasteiger partial charge in [0.15, 0.2) is 0 Å². The third kappa shape index (κ3) is 3.86. The SMILES string of the molecule is COc1ccc2cc([C@H](C)C(=O)N(C)Cc3cc(C(=O)O)c(C)o3)ccc2c1. The van der Waals surface area contributed by atoms with Crippen LogP contribution in [0.1, 0.15) is 40.3 Å². The summed E-state index contributed by atoms with van der Waals surface area (Å²) in [7, 11) is 3.31. The van der Waals surface area contributed by atoms with E-state index in [0.29, 0.717) is 11.5 Å². The number of amides is 1. The Balaban J connectivity index is 1.76. The highest BCUT2D eigenvalue weighted by molar-refractivity contribution is 5.89. The lowest BCUT2D eigenvalue weighted by Crippen LogP contribution is -2.30. The van der Waals surface area contributed by atoms with Gasteiger partial charge in [0, 0.05) is 7.05 Å². The molecule has 3 rings (SSSR count). The van der Waals surface area contributed by atoms with Gasteiger partial charge in [0.1, 0.15) is 22.8 Å². The molecular weight excluding hydrogens is 358 g/mol. The second-order valence-electron chi connectivity index (χ2n) is 6.88. The van der Waals surface area contributed by atoms with E-state index < -0.39 is 5.97 Å². The van der Waals surface area contributed by atoms with Gasteiger partial charge in [-0.15, -0.1) is 0 Å². The highest BCUT2D eigenvalue weighted by Crippen LogP contribution is 2.26.